The lowest BCUT2D eigenvalue weighted by Gasteiger charge is -2.16. The molecule has 4 nitrogen and oxygen atoms in total. The smallest absolute Gasteiger partial charge is 0.127 e. The van der Waals surface area contributed by atoms with Crippen LogP contribution in [0.1, 0.15) is 29.8 Å². The fourth-order valence-corrected chi connectivity index (χ4v) is 3.38. The molecule has 0 aliphatic rings. The molecule has 4 rings (SSSR count). The first-order valence-electron chi connectivity index (χ1n) is 9.52. The number of aryl methyl sites for hydroxylation is 2. The van der Waals surface area contributed by atoms with Crippen LogP contribution >= 0.6 is 0 Å². The summed E-state index contributed by atoms with van der Waals surface area (Å²) < 4.78 is 2.00. The summed E-state index contributed by atoms with van der Waals surface area (Å²) in [5.41, 5.74) is 6.63. The van der Waals surface area contributed by atoms with Crippen LogP contribution in [-0.2, 0) is 0 Å². The molecule has 4 aromatic rings. The van der Waals surface area contributed by atoms with Crippen LogP contribution in [0, 0.1) is 13.8 Å². The maximum atomic E-state index is 4.71. The summed E-state index contributed by atoms with van der Waals surface area (Å²) in [7, 11) is 0. The molecule has 4 heteroatoms. The number of nitrogens with one attached hydrogen (secondary N) is 1. The van der Waals surface area contributed by atoms with E-state index in [-0.39, 0.29) is 6.04 Å². The van der Waals surface area contributed by atoms with Crippen molar-refractivity contribution in [3.63, 3.8) is 0 Å². The molecule has 1 N–H and O–H groups in total. The summed E-state index contributed by atoms with van der Waals surface area (Å²) in [6.45, 7) is 6.26. The van der Waals surface area contributed by atoms with Gasteiger partial charge < -0.3 is 5.32 Å². The zero-order valence-corrected chi connectivity index (χ0v) is 16.4. The van der Waals surface area contributed by atoms with Gasteiger partial charge in [0, 0.05) is 17.8 Å². The quantitative estimate of drug-likeness (QED) is 0.489. The van der Waals surface area contributed by atoms with Crippen molar-refractivity contribution in [2.45, 2.75) is 26.8 Å². The van der Waals surface area contributed by atoms with Crippen molar-refractivity contribution in [3.05, 3.63) is 95.8 Å². The van der Waals surface area contributed by atoms with Gasteiger partial charge in [0.15, 0.2) is 0 Å². The number of pyridine rings is 1. The summed E-state index contributed by atoms with van der Waals surface area (Å²) in [4.78, 5) is 4.51. The van der Waals surface area contributed by atoms with Gasteiger partial charge in [-0.15, -0.1) is 0 Å². The van der Waals surface area contributed by atoms with Gasteiger partial charge >= 0.3 is 0 Å². The number of hydrogen-bond donors (Lipinski definition) is 1. The normalized spacial score (nSPS) is 12.0. The van der Waals surface area contributed by atoms with E-state index in [0.717, 1.165) is 28.5 Å². The monoisotopic (exact) mass is 368 g/mol. The van der Waals surface area contributed by atoms with Crippen LogP contribution in [0.25, 0.3) is 16.9 Å². The highest BCUT2D eigenvalue weighted by Gasteiger charge is 2.12. The molecule has 0 bridgehead atoms. The van der Waals surface area contributed by atoms with E-state index >= 15 is 0 Å². The number of aromatic nitrogens is 3. The van der Waals surface area contributed by atoms with Crippen LogP contribution in [0.5, 0.6) is 0 Å². The molecule has 28 heavy (non-hydrogen) atoms. The molecule has 0 saturated heterocycles. The van der Waals surface area contributed by atoms with E-state index in [1.54, 1.807) is 0 Å². The number of hydrogen-bond acceptors (Lipinski definition) is 3. The van der Waals surface area contributed by atoms with E-state index in [1.165, 1.54) is 11.1 Å². The average Bonchev–Trinajstić information content (AvgIpc) is 3.11. The lowest BCUT2D eigenvalue weighted by Crippen LogP contribution is -2.08. The molecule has 2 heterocycles. The van der Waals surface area contributed by atoms with Gasteiger partial charge in [-0.3, -0.25) is 0 Å². The Hall–Kier alpha value is -3.40. The molecule has 0 saturated carbocycles. The zero-order chi connectivity index (χ0) is 19.5. The maximum Gasteiger partial charge on any atom is 0.127 e. The number of rotatable bonds is 5. The van der Waals surface area contributed by atoms with E-state index in [2.05, 4.69) is 84.8 Å². The van der Waals surface area contributed by atoms with Gasteiger partial charge in [-0.05, 0) is 62.2 Å². The molecular weight excluding hydrogens is 344 g/mol. The van der Waals surface area contributed by atoms with Gasteiger partial charge in [0.2, 0.25) is 0 Å². The van der Waals surface area contributed by atoms with Crippen molar-refractivity contribution in [1.29, 1.82) is 0 Å². The first-order chi connectivity index (χ1) is 13.6. The standard InChI is InChI=1S/C24H24N4/c1-17-8-7-11-22(14-17)28-23(15-18(2)27-28)21-12-13-25-24(16-21)26-19(3)20-9-5-4-6-10-20/h4-16,19H,1-3H3,(H,25,26). The number of anilines is 1. The Bertz CT molecular complexity index is 1080. The van der Waals surface area contributed by atoms with Crippen molar-refractivity contribution in [3.8, 4) is 16.9 Å². The summed E-state index contributed by atoms with van der Waals surface area (Å²) in [6.07, 6.45) is 1.85. The minimum atomic E-state index is 0.173. The Kier molecular flexibility index (Phi) is 4.94. The van der Waals surface area contributed by atoms with E-state index < -0.39 is 0 Å². The van der Waals surface area contributed by atoms with E-state index in [9.17, 15) is 0 Å². The lowest BCUT2D eigenvalue weighted by molar-refractivity contribution is 0.865. The van der Waals surface area contributed by atoms with Gasteiger partial charge in [0.25, 0.3) is 0 Å². The predicted octanol–water partition coefficient (Wildman–Crippen LogP) is 5.72. The molecule has 2 aromatic heterocycles. The molecule has 0 aliphatic carbocycles. The fraction of sp³-hybridized carbons (Fsp3) is 0.167. The van der Waals surface area contributed by atoms with E-state index in [4.69, 9.17) is 5.10 Å². The van der Waals surface area contributed by atoms with E-state index in [1.807, 2.05) is 29.9 Å². The highest BCUT2D eigenvalue weighted by atomic mass is 15.3. The highest BCUT2D eigenvalue weighted by molar-refractivity contribution is 5.66. The second kappa shape index (κ2) is 7.69. The lowest BCUT2D eigenvalue weighted by atomic mass is 10.1. The molecule has 2 aromatic carbocycles. The van der Waals surface area contributed by atoms with Gasteiger partial charge in [-0.2, -0.15) is 5.10 Å². The molecule has 0 radical (unpaired) electrons. The third-order valence-electron chi connectivity index (χ3n) is 4.80. The van der Waals surface area contributed by atoms with Crippen LogP contribution in [0.2, 0.25) is 0 Å². The fourth-order valence-electron chi connectivity index (χ4n) is 3.38. The zero-order valence-electron chi connectivity index (χ0n) is 16.4. The van der Waals surface area contributed by atoms with E-state index in [0.29, 0.717) is 0 Å². The maximum absolute atomic E-state index is 4.71. The minimum Gasteiger partial charge on any atom is -0.364 e. The third-order valence-corrected chi connectivity index (χ3v) is 4.80. The molecule has 0 amide bonds. The average molecular weight is 368 g/mol. The summed E-state index contributed by atoms with van der Waals surface area (Å²) in [5, 5.41) is 8.22. The first kappa shape index (κ1) is 18.0. The van der Waals surface area contributed by atoms with Gasteiger partial charge in [-0.25, -0.2) is 9.67 Å². The Morgan fingerprint density at radius 1 is 0.893 bits per heavy atom. The molecular formula is C24H24N4. The van der Waals surface area contributed by atoms with Crippen molar-refractivity contribution in [1.82, 2.24) is 14.8 Å². The number of benzene rings is 2. The Balaban J connectivity index is 1.67. The van der Waals surface area contributed by atoms with Gasteiger partial charge in [-0.1, -0.05) is 42.5 Å². The molecule has 0 fully saturated rings. The second-order valence-electron chi connectivity index (χ2n) is 7.13. The SMILES string of the molecule is Cc1cccc(-n2nc(C)cc2-c2ccnc(NC(C)c3ccccc3)c2)c1. The van der Waals surface area contributed by atoms with Crippen molar-refractivity contribution in [2.75, 3.05) is 5.32 Å². The topological polar surface area (TPSA) is 42.7 Å². The Morgan fingerprint density at radius 3 is 2.50 bits per heavy atom. The molecule has 0 spiro atoms. The molecule has 1 atom stereocenters. The second-order valence-corrected chi connectivity index (χ2v) is 7.13. The summed E-state index contributed by atoms with van der Waals surface area (Å²) in [6, 6.07) is 25.2. The Labute approximate surface area is 165 Å². The molecule has 1 unspecified atom stereocenters. The summed E-state index contributed by atoms with van der Waals surface area (Å²) in [5.74, 6) is 0.850. The largest absolute Gasteiger partial charge is 0.364 e. The van der Waals surface area contributed by atoms with Crippen molar-refractivity contribution >= 4 is 5.82 Å². The van der Waals surface area contributed by atoms with Crippen molar-refractivity contribution < 1.29 is 0 Å². The van der Waals surface area contributed by atoms with Crippen LogP contribution in [0.3, 0.4) is 0 Å². The highest BCUT2D eigenvalue weighted by Crippen LogP contribution is 2.27. The van der Waals surface area contributed by atoms with Crippen LogP contribution in [0.4, 0.5) is 5.82 Å². The number of nitrogens with zero attached hydrogens (tertiary/aromatic N) is 3. The van der Waals surface area contributed by atoms with Gasteiger partial charge in [0.1, 0.15) is 5.82 Å². The third kappa shape index (κ3) is 3.81. The minimum absolute atomic E-state index is 0.173. The molecule has 140 valence electrons. The Morgan fingerprint density at radius 2 is 1.71 bits per heavy atom. The summed E-state index contributed by atoms with van der Waals surface area (Å²) >= 11 is 0. The van der Waals surface area contributed by atoms with Crippen LogP contribution in [-0.4, -0.2) is 14.8 Å². The van der Waals surface area contributed by atoms with Crippen molar-refractivity contribution in [2.24, 2.45) is 0 Å². The first-order valence-corrected chi connectivity index (χ1v) is 9.52. The van der Waals surface area contributed by atoms with Crippen LogP contribution < -0.4 is 5.32 Å². The predicted molar refractivity (Wildman–Crippen MR) is 115 cm³/mol. The molecule has 0 aliphatic heterocycles. The van der Waals surface area contributed by atoms with Gasteiger partial charge in [0.05, 0.1) is 17.1 Å². The van der Waals surface area contributed by atoms with Crippen LogP contribution in [0.15, 0.2) is 79.0 Å².